The predicted octanol–water partition coefficient (Wildman–Crippen LogP) is 5.26. The van der Waals surface area contributed by atoms with Gasteiger partial charge in [0.2, 0.25) is 0 Å². The Morgan fingerprint density at radius 1 is 0.487 bits per heavy atom. The lowest BCUT2D eigenvalue weighted by atomic mass is 9.83. The molecular weight excluding hydrogens is 492 g/mol. The molecule has 1 N–H and O–H groups in total. The Labute approximate surface area is 231 Å². The van der Waals surface area contributed by atoms with Crippen LogP contribution in [0.3, 0.4) is 0 Å². The molecule has 3 aromatic rings. The van der Waals surface area contributed by atoms with Gasteiger partial charge in [0.05, 0.1) is 33.0 Å². The monoisotopic (exact) mass is 530 g/mol. The van der Waals surface area contributed by atoms with E-state index in [0.29, 0.717) is 19.8 Å². The molecule has 0 radical (unpaired) electrons. The van der Waals surface area contributed by atoms with Gasteiger partial charge in [-0.05, 0) is 16.7 Å². The molecular formula is C33H38O6. The van der Waals surface area contributed by atoms with Gasteiger partial charge >= 0.3 is 0 Å². The van der Waals surface area contributed by atoms with Gasteiger partial charge in [-0.15, -0.1) is 13.2 Å². The lowest BCUT2D eigenvalue weighted by molar-refractivity contribution is -0.276. The molecule has 1 aliphatic rings. The Hall–Kier alpha value is -3.10. The zero-order valence-corrected chi connectivity index (χ0v) is 22.2. The lowest BCUT2D eigenvalue weighted by Gasteiger charge is -2.48. The summed E-state index contributed by atoms with van der Waals surface area (Å²) in [6.07, 6.45) is -1.09. The average molecular weight is 531 g/mol. The van der Waals surface area contributed by atoms with Gasteiger partial charge in [0.1, 0.15) is 36.6 Å². The number of aliphatic hydroxyl groups is 1. The van der Waals surface area contributed by atoms with Crippen LogP contribution in [0.5, 0.6) is 0 Å². The number of hydrogen-bond donors (Lipinski definition) is 1. The average Bonchev–Trinajstić information content (AvgIpc) is 2.99. The normalized spacial score (nSPS) is 24.7. The summed E-state index contributed by atoms with van der Waals surface area (Å²) < 4.78 is 31.7. The number of hydrogen-bond acceptors (Lipinski definition) is 6. The van der Waals surface area contributed by atoms with Crippen LogP contribution in [-0.4, -0.2) is 54.9 Å². The van der Waals surface area contributed by atoms with Crippen LogP contribution in [-0.2, 0) is 43.5 Å². The summed E-state index contributed by atoms with van der Waals surface area (Å²) in [4.78, 5) is 0. The SMILES string of the molecule is C=CCO[C@@H]1[C@H](OCc2ccccc2)[C@@H](OCc2ccccc2)[C@H](OCc2ccccc2)[C@@H](O)[C@@H]1OCC=C. The van der Waals surface area contributed by atoms with Gasteiger partial charge < -0.3 is 28.8 Å². The van der Waals surface area contributed by atoms with Gasteiger partial charge in [-0.25, -0.2) is 0 Å². The highest BCUT2D eigenvalue weighted by atomic mass is 16.6. The second-order valence-corrected chi connectivity index (χ2v) is 9.45. The minimum absolute atomic E-state index is 0.238. The molecule has 0 unspecified atom stereocenters. The van der Waals surface area contributed by atoms with Crippen molar-refractivity contribution in [2.75, 3.05) is 13.2 Å². The van der Waals surface area contributed by atoms with Crippen molar-refractivity contribution in [3.05, 3.63) is 133 Å². The fourth-order valence-electron chi connectivity index (χ4n) is 4.75. The Morgan fingerprint density at radius 3 is 1.21 bits per heavy atom. The Kier molecular flexibility index (Phi) is 11.5. The highest BCUT2D eigenvalue weighted by Crippen LogP contribution is 2.34. The molecule has 6 nitrogen and oxygen atoms in total. The number of rotatable bonds is 15. The van der Waals surface area contributed by atoms with Gasteiger partial charge in [-0.3, -0.25) is 0 Å². The quantitative estimate of drug-likeness (QED) is 0.271. The van der Waals surface area contributed by atoms with Crippen LogP contribution in [0, 0.1) is 0 Å². The molecule has 4 rings (SSSR count). The summed E-state index contributed by atoms with van der Waals surface area (Å²) in [6, 6.07) is 29.7. The highest BCUT2D eigenvalue weighted by Gasteiger charge is 2.53. The molecule has 0 spiro atoms. The molecule has 6 atom stereocenters. The smallest absolute Gasteiger partial charge is 0.116 e. The third-order valence-electron chi connectivity index (χ3n) is 6.64. The summed E-state index contributed by atoms with van der Waals surface area (Å²) in [5.41, 5.74) is 3.00. The van der Waals surface area contributed by atoms with E-state index in [1.165, 1.54) is 0 Å². The lowest BCUT2D eigenvalue weighted by Crippen LogP contribution is -2.67. The molecule has 1 fully saturated rings. The minimum Gasteiger partial charge on any atom is -0.387 e. The van der Waals surface area contributed by atoms with E-state index in [1.54, 1.807) is 12.2 Å². The predicted molar refractivity (Wildman–Crippen MR) is 151 cm³/mol. The molecule has 3 aromatic carbocycles. The van der Waals surface area contributed by atoms with Gasteiger partial charge in [0, 0.05) is 0 Å². The number of ether oxygens (including phenoxy) is 5. The van der Waals surface area contributed by atoms with Crippen LogP contribution >= 0.6 is 0 Å². The van der Waals surface area contributed by atoms with Crippen LogP contribution in [0.1, 0.15) is 16.7 Å². The molecule has 1 saturated carbocycles. The molecule has 0 saturated heterocycles. The highest BCUT2D eigenvalue weighted by molar-refractivity contribution is 5.16. The zero-order chi connectivity index (χ0) is 27.3. The van der Waals surface area contributed by atoms with Gasteiger partial charge in [0.15, 0.2) is 0 Å². The van der Waals surface area contributed by atoms with E-state index in [9.17, 15) is 5.11 Å². The molecule has 39 heavy (non-hydrogen) atoms. The number of aliphatic hydroxyl groups excluding tert-OH is 1. The molecule has 1 aliphatic carbocycles. The molecule has 6 heteroatoms. The fourth-order valence-corrected chi connectivity index (χ4v) is 4.75. The largest absolute Gasteiger partial charge is 0.387 e. The molecule has 0 bridgehead atoms. The maximum absolute atomic E-state index is 11.6. The van der Waals surface area contributed by atoms with Crippen molar-refractivity contribution in [1.82, 2.24) is 0 Å². The first-order chi connectivity index (χ1) is 19.2. The zero-order valence-electron chi connectivity index (χ0n) is 22.2. The van der Waals surface area contributed by atoms with Crippen LogP contribution in [0.2, 0.25) is 0 Å². The van der Waals surface area contributed by atoms with Crippen LogP contribution in [0.4, 0.5) is 0 Å². The van der Waals surface area contributed by atoms with Crippen molar-refractivity contribution in [3.8, 4) is 0 Å². The van der Waals surface area contributed by atoms with Crippen molar-refractivity contribution >= 4 is 0 Å². The minimum atomic E-state index is -1.04. The van der Waals surface area contributed by atoms with Crippen LogP contribution in [0.25, 0.3) is 0 Å². The summed E-state index contributed by atoms with van der Waals surface area (Å²) >= 11 is 0. The third kappa shape index (κ3) is 8.19. The summed E-state index contributed by atoms with van der Waals surface area (Å²) in [7, 11) is 0. The Balaban J connectivity index is 1.66. The maximum atomic E-state index is 11.6. The first-order valence-electron chi connectivity index (χ1n) is 13.3. The van der Waals surface area contributed by atoms with Crippen molar-refractivity contribution in [2.45, 2.75) is 56.4 Å². The summed E-state index contributed by atoms with van der Waals surface area (Å²) in [6.45, 7) is 9.03. The Bertz CT molecular complexity index is 1110. The second kappa shape index (κ2) is 15.5. The van der Waals surface area contributed by atoms with E-state index in [0.717, 1.165) is 16.7 Å². The van der Waals surface area contributed by atoms with Gasteiger partial charge in [0.25, 0.3) is 0 Å². The van der Waals surface area contributed by atoms with Gasteiger partial charge in [-0.1, -0.05) is 103 Å². The molecule has 0 aliphatic heterocycles. The summed E-state index contributed by atoms with van der Waals surface area (Å²) in [5, 5.41) is 11.6. The molecule has 206 valence electrons. The topological polar surface area (TPSA) is 66.4 Å². The van der Waals surface area contributed by atoms with Crippen LogP contribution in [0.15, 0.2) is 116 Å². The molecule has 0 heterocycles. The van der Waals surface area contributed by atoms with E-state index >= 15 is 0 Å². The summed E-state index contributed by atoms with van der Waals surface area (Å²) in [5.74, 6) is 0. The van der Waals surface area contributed by atoms with E-state index in [1.807, 2.05) is 91.0 Å². The fraction of sp³-hybridized carbons (Fsp3) is 0.333. The number of benzene rings is 3. The Morgan fingerprint density at radius 2 is 0.795 bits per heavy atom. The van der Waals surface area contributed by atoms with Crippen molar-refractivity contribution in [1.29, 1.82) is 0 Å². The first kappa shape index (κ1) is 28.9. The standard InChI is InChI=1S/C33H38O6/c1-3-20-35-29-28(34)30(37-22-25-14-8-5-9-15-25)32(38-23-26-16-10-6-11-17-26)33(31(29)36-21-4-2)39-24-27-18-12-7-13-19-27/h3-19,28-34H,1-2,20-24H2/t28-,29-,30+,31-,32-,33-/m0/s1. The van der Waals surface area contributed by atoms with Crippen molar-refractivity contribution < 1.29 is 28.8 Å². The molecule has 0 amide bonds. The van der Waals surface area contributed by atoms with Crippen molar-refractivity contribution in [3.63, 3.8) is 0 Å². The third-order valence-corrected chi connectivity index (χ3v) is 6.64. The van der Waals surface area contributed by atoms with Gasteiger partial charge in [-0.2, -0.15) is 0 Å². The van der Waals surface area contributed by atoms with Crippen molar-refractivity contribution in [2.24, 2.45) is 0 Å². The second-order valence-electron chi connectivity index (χ2n) is 9.45. The van der Waals surface area contributed by atoms with E-state index in [-0.39, 0.29) is 13.2 Å². The van der Waals surface area contributed by atoms with Crippen LogP contribution < -0.4 is 0 Å². The van der Waals surface area contributed by atoms with E-state index in [4.69, 9.17) is 23.7 Å². The van der Waals surface area contributed by atoms with E-state index < -0.39 is 36.6 Å². The van der Waals surface area contributed by atoms with E-state index in [2.05, 4.69) is 13.2 Å². The molecule has 0 aromatic heterocycles. The first-order valence-corrected chi connectivity index (χ1v) is 13.3. The maximum Gasteiger partial charge on any atom is 0.116 e.